The summed E-state index contributed by atoms with van der Waals surface area (Å²) < 4.78 is 16.0. The fraction of sp³-hybridized carbons (Fsp3) is 0.200. The van der Waals surface area contributed by atoms with Gasteiger partial charge in [-0.05, 0) is 0 Å². The number of aromatic nitrogens is 3. The van der Waals surface area contributed by atoms with Gasteiger partial charge in [0.1, 0.15) is 11.5 Å². The van der Waals surface area contributed by atoms with Crippen LogP contribution in [-0.4, -0.2) is 21.4 Å². The Bertz CT molecular complexity index is 572. The first kappa shape index (κ1) is 10.4. The van der Waals surface area contributed by atoms with Crippen LogP contribution in [0.3, 0.4) is 0 Å². The molecule has 1 N–H and O–H groups in total. The van der Waals surface area contributed by atoms with E-state index >= 15 is 0 Å². The summed E-state index contributed by atoms with van der Waals surface area (Å²) >= 11 is 0. The minimum Gasteiger partial charge on any atom is -0.384 e. The molecule has 0 spiro atoms. The number of rotatable bonds is 2. The molecule has 6 heteroatoms. The van der Waals surface area contributed by atoms with Gasteiger partial charge < -0.3 is 5.32 Å². The van der Waals surface area contributed by atoms with E-state index in [4.69, 9.17) is 0 Å². The van der Waals surface area contributed by atoms with E-state index in [1.807, 2.05) is 0 Å². The third-order valence-corrected chi connectivity index (χ3v) is 2.20. The molecule has 0 radical (unpaired) electrons. The van der Waals surface area contributed by atoms with Crippen LogP contribution in [0, 0.1) is 5.82 Å². The average molecular weight is 222 g/mol. The summed E-state index contributed by atoms with van der Waals surface area (Å²) in [5, 5.41) is 6.69. The van der Waals surface area contributed by atoms with Gasteiger partial charge in [-0.2, -0.15) is 5.10 Å². The number of hydrogen-bond acceptors (Lipinski definition) is 3. The zero-order valence-electron chi connectivity index (χ0n) is 8.94. The molecule has 0 fully saturated rings. The number of halogens is 1. The van der Waals surface area contributed by atoms with E-state index in [0.717, 1.165) is 12.3 Å². The Hall–Kier alpha value is -2.11. The van der Waals surface area contributed by atoms with Crippen molar-refractivity contribution in [2.24, 2.45) is 7.05 Å². The second-order valence-electron chi connectivity index (χ2n) is 3.34. The zero-order valence-corrected chi connectivity index (χ0v) is 8.94. The van der Waals surface area contributed by atoms with E-state index in [9.17, 15) is 9.18 Å². The summed E-state index contributed by atoms with van der Waals surface area (Å²) in [5.74, 6) is -0.0990. The third kappa shape index (κ3) is 1.69. The number of nitrogens with one attached hydrogen (secondary N) is 1. The van der Waals surface area contributed by atoms with Crippen LogP contribution in [0.25, 0.3) is 5.82 Å². The Morgan fingerprint density at radius 3 is 2.81 bits per heavy atom. The molecular weight excluding hydrogens is 211 g/mol. The summed E-state index contributed by atoms with van der Waals surface area (Å²) in [6, 6.07) is 2.79. The van der Waals surface area contributed by atoms with Gasteiger partial charge in [0.2, 0.25) is 0 Å². The topological polar surface area (TPSA) is 51.9 Å². The summed E-state index contributed by atoms with van der Waals surface area (Å²) in [4.78, 5) is 11.8. The highest BCUT2D eigenvalue weighted by atomic mass is 19.1. The van der Waals surface area contributed by atoms with Crippen molar-refractivity contribution in [1.82, 2.24) is 14.3 Å². The molecule has 0 aromatic carbocycles. The number of nitrogens with zero attached hydrogens (tertiary/aromatic N) is 3. The fourth-order valence-corrected chi connectivity index (χ4v) is 1.43. The summed E-state index contributed by atoms with van der Waals surface area (Å²) in [7, 11) is 3.30. The van der Waals surface area contributed by atoms with Gasteiger partial charge in [0.05, 0.1) is 6.20 Å². The monoisotopic (exact) mass is 222 g/mol. The van der Waals surface area contributed by atoms with Crippen LogP contribution in [0.2, 0.25) is 0 Å². The normalized spacial score (nSPS) is 10.4. The maximum atomic E-state index is 13.3. The molecular formula is C10H11FN4O. The summed E-state index contributed by atoms with van der Waals surface area (Å²) in [6.45, 7) is 0. The molecule has 2 heterocycles. The quantitative estimate of drug-likeness (QED) is 0.815. The molecule has 5 nitrogen and oxygen atoms in total. The Kier molecular flexibility index (Phi) is 2.47. The molecule has 16 heavy (non-hydrogen) atoms. The molecule has 2 aromatic rings. The van der Waals surface area contributed by atoms with Gasteiger partial charge >= 0.3 is 0 Å². The van der Waals surface area contributed by atoms with Gasteiger partial charge in [0.25, 0.3) is 5.56 Å². The summed E-state index contributed by atoms with van der Waals surface area (Å²) in [5.41, 5.74) is -0.131. The predicted molar refractivity (Wildman–Crippen MR) is 58.3 cm³/mol. The van der Waals surface area contributed by atoms with Crippen LogP contribution in [0.5, 0.6) is 0 Å². The third-order valence-electron chi connectivity index (χ3n) is 2.20. The molecule has 0 bridgehead atoms. The van der Waals surface area contributed by atoms with E-state index in [1.54, 1.807) is 31.0 Å². The Balaban J connectivity index is 2.65. The van der Waals surface area contributed by atoms with Gasteiger partial charge in [-0.25, -0.2) is 4.39 Å². The van der Waals surface area contributed by atoms with Crippen LogP contribution in [0.4, 0.5) is 10.1 Å². The SMILES string of the molecule is CNc1cc(F)cn(-c2ccn(C)n2)c1=O. The molecule has 84 valence electrons. The molecule has 0 aliphatic rings. The van der Waals surface area contributed by atoms with Crippen LogP contribution in [0.15, 0.2) is 29.3 Å². The molecule has 0 saturated carbocycles. The minimum atomic E-state index is -0.491. The highest BCUT2D eigenvalue weighted by molar-refractivity contribution is 5.42. The maximum Gasteiger partial charge on any atom is 0.279 e. The second kappa shape index (κ2) is 3.80. The first-order valence-corrected chi connectivity index (χ1v) is 4.72. The average Bonchev–Trinajstić information content (AvgIpc) is 2.67. The fourth-order valence-electron chi connectivity index (χ4n) is 1.43. The summed E-state index contributed by atoms with van der Waals surface area (Å²) in [6.07, 6.45) is 2.80. The number of aryl methyl sites for hydroxylation is 1. The highest BCUT2D eigenvalue weighted by Crippen LogP contribution is 2.07. The molecule has 2 aromatic heterocycles. The lowest BCUT2D eigenvalue weighted by Crippen LogP contribution is -2.21. The van der Waals surface area contributed by atoms with Crippen LogP contribution in [0.1, 0.15) is 0 Å². The van der Waals surface area contributed by atoms with Crippen molar-refractivity contribution in [2.45, 2.75) is 0 Å². The molecule has 0 atom stereocenters. The molecule has 0 saturated heterocycles. The van der Waals surface area contributed by atoms with Crippen molar-refractivity contribution in [3.8, 4) is 5.82 Å². The zero-order chi connectivity index (χ0) is 11.7. The van der Waals surface area contributed by atoms with Crippen LogP contribution in [-0.2, 0) is 7.05 Å². The Morgan fingerprint density at radius 1 is 1.50 bits per heavy atom. The van der Waals surface area contributed by atoms with Crippen molar-refractivity contribution in [3.05, 3.63) is 40.7 Å². The van der Waals surface area contributed by atoms with Crippen molar-refractivity contribution >= 4 is 5.69 Å². The van der Waals surface area contributed by atoms with E-state index in [0.29, 0.717) is 5.82 Å². The lowest BCUT2D eigenvalue weighted by molar-refractivity contribution is 0.611. The number of anilines is 1. The lowest BCUT2D eigenvalue weighted by Gasteiger charge is -2.05. The number of hydrogen-bond donors (Lipinski definition) is 1. The van der Waals surface area contributed by atoms with Gasteiger partial charge in [-0.3, -0.25) is 14.0 Å². The first-order valence-electron chi connectivity index (χ1n) is 4.72. The highest BCUT2D eigenvalue weighted by Gasteiger charge is 2.08. The van der Waals surface area contributed by atoms with E-state index in [1.165, 1.54) is 4.57 Å². The molecule has 2 rings (SSSR count). The smallest absolute Gasteiger partial charge is 0.279 e. The predicted octanol–water partition coefficient (Wildman–Crippen LogP) is 0.752. The van der Waals surface area contributed by atoms with Crippen LogP contribution < -0.4 is 10.9 Å². The molecule has 0 unspecified atom stereocenters. The van der Waals surface area contributed by atoms with Gasteiger partial charge in [0.15, 0.2) is 5.82 Å². The van der Waals surface area contributed by atoms with E-state index in [-0.39, 0.29) is 11.2 Å². The van der Waals surface area contributed by atoms with Gasteiger partial charge in [-0.1, -0.05) is 0 Å². The van der Waals surface area contributed by atoms with Crippen molar-refractivity contribution in [2.75, 3.05) is 12.4 Å². The second-order valence-corrected chi connectivity index (χ2v) is 3.34. The molecule has 0 aliphatic carbocycles. The van der Waals surface area contributed by atoms with Crippen molar-refractivity contribution in [3.63, 3.8) is 0 Å². The van der Waals surface area contributed by atoms with Gasteiger partial charge in [0, 0.05) is 32.4 Å². The van der Waals surface area contributed by atoms with E-state index < -0.39 is 5.82 Å². The first-order chi connectivity index (χ1) is 7.61. The van der Waals surface area contributed by atoms with Crippen molar-refractivity contribution < 1.29 is 4.39 Å². The lowest BCUT2D eigenvalue weighted by atomic mass is 10.4. The minimum absolute atomic E-state index is 0.200. The maximum absolute atomic E-state index is 13.3. The standard InChI is InChI=1S/C10H11FN4O/c1-12-8-5-7(11)6-15(10(8)16)9-3-4-14(2)13-9/h3-6,12H,1-2H3. The Labute approximate surface area is 91.1 Å². The molecule has 0 aliphatic heterocycles. The number of pyridine rings is 1. The largest absolute Gasteiger partial charge is 0.384 e. The van der Waals surface area contributed by atoms with E-state index in [2.05, 4.69) is 10.4 Å². The molecule has 0 amide bonds. The van der Waals surface area contributed by atoms with Gasteiger partial charge in [-0.15, -0.1) is 0 Å². The van der Waals surface area contributed by atoms with Crippen LogP contribution >= 0.6 is 0 Å². The Morgan fingerprint density at radius 2 is 2.25 bits per heavy atom. The van der Waals surface area contributed by atoms with Crippen molar-refractivity contribution in [1.29, 1.82) is 0 Å².